The first kappa shape index (κ1) is 8.54. The lowest BCUT2D eigenvalue weighted by atomic mass is 10.3. The van der Waals surface area contributed by atoms with Crippen LogP contribution >= 0.6 is 22.6 Å². The molecule has 5 heteroatoms. The molecule has 3 nitrogen and oxygen atoms in total. The summed E-state index contributed by atoms with van der Waals surface area (Å²) in [6.45, 7) is 0. The van der Waals surface area contributed by atoms with E-state index in [0.717, 1.165) is 0 Å². The number of anilines is 1. The van der Waals surface area contributed by atoms with Crippen LogP contribution in [0.5, 0.6) is 5.75 Å². The Morgan fingerprint density at radius 1 is 1.55 bits per heavy atom. The molecule has 0 amide bonds. The van der Waals surface area contributed by atoms with E-state index in [-0.39, 0.29) is 0 Å². The van der Waals surface area contributed by atoms with Gasteiger partial charge >= 0.3 is 0 Å². The number of hydrazine groups is 1. The number of benzene rings is 1. The van der Waals surface area contributed by atoms with Crippen LogP contribution in [0.3, 0.4) is 0 Å². The predicted molar refractivity (Wildman–Crippen MR) is 48.6 cm³/mol. The number of phenols is 1. The molecule has 0 saturated carbocycles. The maximum atomic E-state index is 12.6. The number of hydrogen-bond donors (Lipinski definition) is 3. The fourth-order valence-corrected chi connectivity index (χ4v) is 1.23. The topological polar surface area (TPSA) is 58.3 Å². The lowest BCUT2D eigenvalue weighted by Crippen LogP contribution is -2.08. The molecule has 0 aliphatic rings. The maximum Gasteiger partial charge on any atom is 0.166 e. The fraction of sp³-hybridized carbons (Fsp3) is 0. The van der Waals surface area contributed by atoms with E-state index in [4.69, 9.17) is 10.9 Å². The fourth-order valence-electron chi connectivity index (χ4n) is 0.648. The number of nitrogens with two attached hydrogens (primary N) is 1. The summed E-state index contributed by atoms with van der Waals surface area (Å²) in [6.07, 6.45) is 0. The number of nitrogen functional groups attached to an aromatic ring is 1. The molecule has 0 atom stereocenters. The number of rotatable bonds is 1. The van der Waals surface area contributed by atoms with Crippen molar-refractivity contribution in [3.8, 4) is 5.75 Å². The van der Waals surface area contributed by atoms with Gasteiger partial charge in [-0.25, -0.2) is 4.39 Å². The van der Waals surface area contributed by atoms with Crippen LogP contribution in [0.4, 0.5) is 10.1 Å². The van der Waals surface area contributed by atoms with Crippen LogP contribution in [0, 0.1) is 9.39 Å². The molecule has 4 N–H and O–H groups in total. The van der Waals surface area contributed by atoms with Crippen LogP contribution < -0.4 is 11.3 Å². The van der Waals surface area contributed by atoms with E-state index >= 15 is 0 Å². The Labute approximate surface area is 76.5 Å². The molecule has 11 heavy (non-hydrogen) atoms. The van der Waals surface area contributed by atoms with E-state index in [0.29, 0.717) is 9.26 Å². The Morgan fingerprint density at radius 2 is 2.18 bits per heavy atom. The summed E-state index contributed by atoms with van der Waals surface area (Å²) in [5, 5.41) is 8.88. The Morgan fingerprint density at radius 3 is 2.73 bits per heavy atom. The van der Waals surface area contributed by atoms with Crippen molar-refractivity contribution >= 4 is 28.3 Å². The van der Waals surface area contributed by atoms with Crippen molar-refractivity contribution in [3.05, 3.63) is 21.5 Å². The highest BCUT2D eigenvalue weighted by atomic mass is 127. The Hall–Kier alpha value is -0.560. The first-order chi connectivity index (χ1) is 5.15. The second-order valence-corrected chi connectivity index (χ2v) is 3.09. The molecule has 60 valence electrons. The summed E-state index contributed by atoms with van der Waals surface area (Å²) >= 11 is 1.91. The predicted octanol–water partition coefficient (Wildman–Crippen LogP) is 1.42. The van der Waals surface area contributed by atoms with Gasteiger partial charge in [0.2, 0.25) is 0 Å². The zero-order valence-electron chi connectivity index (χ0n) is 5.44. The van der Waals surface area contributed by atoms with E-state index in [1.807, 2.05) is 22.6 Å². The van der Waals surface area contributed by atoms with Gasteiger partial charge in [0.05, 0.1) is 5.69 Å². The molecular weight excluding hydrogens is 262 g/mol. The molecule has 0 radical (unpaired) electrons. The smallest absolute Gasteiger partial charge is 0.166 e. The molecule has 0 bridgehead atoms. The number of halogens is 2. The van der Waals surface area contributed by atoms with Crippen molar-refractivity contribution in [1.29, 1.82) is 0 Å². The average molecular weight is 268 g/mol. The molecule has 0 saturated heterocycles. The lowest BCUT2D eigenvalue weighted by molar-refractivity contribution is 0.432. The standard InChI is InChI=1S/C6H6FIN2O/c7-3-1-4(8)5(10-9)2-6(3)11/h1-2,10-11H,9H2. The Bertz CT molecular complexity index is 280. The Kier molecular flexibility index (Phi) is 2.50. The Balaban J connectivity index is 3.21. The molecule has 0 aliphatic heterocycles. The van der Waals surface area contributed by atoms with Gasteiger partial charge in [-0.2, -0.15) is 0 Å². The van der Waals surface area contributed by atoms with Crippen molar-refractivity contribution in [2.45, 2.75) is 0 Å². The highest BCUT2D eigenvalue weighted by molar-refractivity contribution is 14.1. The zero-order chi connectivity index (χ0) is 8.43. The molecule has 0 aromatic heterocycles. The number of nitrogens with one attached hydrogen (secondary N) is 1. The van der Waals surface area contributed by atoms with Gasteiger partial charge in [0, 0.05) is 9.64 Å². The third kappa shape index (κ3) is 1.72. The third-order valence-electron chi connectivity index (χ3n) is 1.19. The van der Waals surface area contributed by atoms with Gasteiger partial charge in [-0.1, -0.05) is 0 Å². The lowest BCUT2D eigenvalue weighted by Gasteiger charge is -2.03. The van der Waals surface area contributed by atoms with Crippen molar-refractivity contribution in [1.82, 2.24) is 0 Å². The molecule has 0 spiro atoms. The van der Waals surface area contributed by atoms with E-state index in [2.05, 4.69) is 5.43 Å². The van der Waals surface area contributed by atoms with Crippen LogP contribution in [-0.2, 0) is 0 Å². The minimum absolute atomic E-state index is 0.404. The van der Waals surface area contributed by atoms with Gasteiger partial charge in [-0.3, -0.25) is 5.84 Å². The number of hydrogen-bond acceptors (Lipinski definition) is 3. The zero-order valence-corrected chi connectivity index (χ0v) is 7.59. The molecule has 0 unspecified atom stereocenters. The highest BCUT2D eigenvalue weighted by Gasteiger charge is 2.04. The first-order valence-corrected chi connectivity index (χ1v) is 3.87. The van der Waals surface area contributed by atoms with E-state index in [1.165, 1.54) is 12.1 Å². The molecule has 0 aliphatic carbocycles. The summed E-state index contributed by atoms with van der Waals surface area (Å²) in [5.41, 5.74) is 2.83. The van der Waals surface area contributed by atoms with Gasteiger partial charge < -0.3 is 10.5 Å². The van der Waals surface area contributed by atoms with Gasteiger partial charge in [-0.05, 0) is 28.7 Å². The van der Waals surface area contributed by atoms with E-state index < -0.39 is 11.6 Å². The second kappa shape index (κ2) is 3.22. The van der Waals surface area contributed by atoms with Gasteiger partial charge in [0.1, 0.15) is 0 Å². The molecule has 1 aromatic rings. The monoisotopic (exact) mass is 268 g/mol. The van der Waals surface area contributed by atoms with Crippen LogP contribution in [0.1, 0.15) is 0 Å². The van der Waals surface area contributed by atoms with E-state index in [9.17, 15) is 4.39 Å². The van der Waals surface area contributed by atoms with Gasteiger partial charge in [-0.15, -0.1) is 0 Å². The van der Waals surface area contributed by atoms with Crippen molar-refractivity contribution in [2.75, 3.05) is 5.43 Å². The summed E-state index contributed by atoms with van der Waals surface area (Å²) in [4.78, 5) is 0. The average Bonchev–Trinajstić information content (AvgIpc) is 1.97. The minimum atomic E-state index is -0.645. The summed E-state index contributed by atoms with van der Waals surface area (Å²) in [5.74, 6) is 4.03. The highest BCUT2D eigenvalue weighted by Crippen LogP contribution is 2.25. The molecule has 1 aromatic carbocycles. The number of phenolic OH excluding ortho intramolecular Hbond substituents is 1. The summed E-state index contributed by atoms with van der Waals surface area (Å²) in [6, 6.07) is 2.43. The normalized spacial score (nSPS) is 9.73. The van der Waals surface area contributed by atoms with Crippen LogP contribution in [0.25, 0.3) is 0 Å². The molecule has 0 heterocycles. The summed E-state index contributed by atoms with van der Waals surface area (Å²) in [7, 11) is 0. The van der Waals surface area contributed by atoms with Gasteiger partial charge in [0.15, 0.2) is 11.6 Å². The van der Waals surface area contributed by atoms with Crippen LogP contribution in [0.15, 0.2) is 12.1 Å². The van der Waals surface area contributed by atoms with E-state index in [1.54, 1.807) is 0 Å². The molecule has 0 fully saturated rings. The van der Waals surface area contributed by atoms with Crippen LogP contribution in [-0.4, -0.2) is 5.11 Å². The third-order valence-corrected chi connectivity index (χ3v) is 2.08. The minimum Gasteiger partial charge on any atom is -0.505 e. The van der Waals surface area contributed by atoms with Crippen molar-refractivity contribution in [2.24, 2.45) is 5.84 Å². The second-order valence-electron chi connectivity index (χ2n) is 1.93. The summed E-state index contributed by atoms with van der Waals surface area (Å²) < 4.78 is 13.2. The molecule has 1 rings (SSSR count). The van der Waals surface area contributed by atoms with Crippen molar-refractivity contribution in [3.63, 3.8) is 0 Å². The van der Waals surface area contributed by atoms with Gasteiger partial charge in [0.25, 0.3) is 0 Å². The SMILES string of the molecule is NNc1cc(O)c(F)cc1I. The number of aromatic hydroxyl groups is 1. The van der Waals surface area contributed by atoms with Crippen molar-refractivity contribution < 1.29 is 9.50 Å². The largest absolute Gasteiger partial charge is 0.505 e. The quantitative estimate of drug-likeness (QED) is 0.410. The maximum absolute atomic E-state index is 12.6. The molecular formula is C6H6FIN2O. The first-order valence-electron chi connectivity index (χ1n) is 2.79. The van der Waals surface area contributed by atoms with Crippen LogP contribution in [0.2, 0.25) is 0 Å².